The van der Waals surface area contributed by atoms with Crippen molar-refractivity contribution in [2.45, 2.75) is 6.92 Å². The molecule has 0 unspecified atom stereocenters. The molecule has 0 fully saturated rings. The summed E-state index contributed by atoms with van der Waals surface area (Å²) >= 11 is 0. The fourth-order valence-corrected chi connectivity index (χ4v) is 1.85. The highest BCUT2D eigenvalue weighted by Crippen LogP contribution is 2.21. The highest BCUT2D eigenvalue weighted by molar-refractivity contribution is 5.63. The minimum Gasteiger partial charge on any atom is -0.272 e. The van der Waals surface area contributed by atoms with E-state index in [-0.39, 0.29) is 0 Å². The normalized spacial score (nSPS) is 10.5. The Labute approximate surface area is 104 Å². The molecule has 0 spiro atoms. The Morgan fingerprint density at radius 3 is 2.39 bits per heavy atom. The van der Waals surface area contributed by atoms with Crippen LogP contribution in [0.2, 0.25) is 0 Å². The summed E-state index contributed by atoms with van der Waals surface area (Å²) in [5, 5.41) is 7.57. The van der Waals surface area contributed by atoms with Crippen LogP contribution in [0, 0.1) is 6.92 Å². The minimum atomic E-state index is 0.845. The summed E-state index contributed by atoms with van der Waals surface area (Å²) in [6, 6.07) is 6.03. The van der Waals surface area contributed by atoms with Gasteiger partial charge in [0, 0.05) is 24.2 Å². The third kappa shape index (κ3) is 1.86. The van der Waals surface area contributed by atoms with Crippen molar-refractivity contribution in [3.63, 3.8) is 0 Å². The Hall–Kier alpha value is -2.56. The van der Waals surface area contributed by atoms with Crippen molar-refractivity contribution in [3.8, 4) is 16.9 Å². The maximum atomic E-state index is 4.46. The van der Waals surface area contributed by atoms with Gasteiger partial charge in [0.1, 0.15) is 18.5 Å². The van der Waals surface area contributed by atoms with Gasteiger partial charge in [-0.2, -0.15) is 0 Å². The zero-order valence-electron chi connectivity index (χ0n) is 9.85. The molecule has 3 heterocycles. The van der Waals surface area contributed by atoms with Gasteiger partial charge in [0.15, 0.2) is 0 Å². The first-order valence-electron chi connectivity index (χ1n) is 5.56. The Balaban J connectivity index is 2.05. The van der Waals surface area contributed by atoms with E-state index in [1.807, 2.05) is 25.3 Å². The highest BCUT2D eigenvalue weighted by Gasteiger charge is 2.05. The van der Waals surface area contributed by atoms with Crippen molar-refractivity contribution in [2.75, 3.05) is 0 Å². The lowest BCUT2D eigenvalue weighted by atomic mass is 10.1. The van der Waals surface area contributed by atoms with E-state index in [0.717, 1.165) is 22.5 Å². The zero-order valence-corrected chi connectivity index (χ0v) is 9.85. The van der Waals surface area contributed by atoms with Gasteiger partial charge in [-0.3, -0.25) is 9.55 Å². The SMILES string of the molecule is Cc1cc(-c2ccncc2)cnc1-n1cnnc1. The summed E-state index contributed by atoms with van der Waals surface area (Å²) in [7, 11) is 0. The third-order valence-corrected chi connectivity index (χ3v) is 2.73. The first kappa shape index (κ1) is 10.6. The van der Waals surface area contributed by atoms with E-state index in [1.165, 1.54) is 0 Å². The van der Waals surface area contributed by atoms with Gasteiger partial charge < -0.3 is 0 Å². The zero-order chi connectivity index (χ0) is 12.4. The van der Waals surface area contributed by atoms with Gasteiger partial charge in [-0.05, 0) is 36.2 Å². The Morgan fingerprint density at radius 1 is 1.00 bits per heavy atom. The monoisotopic (exact) mass is 237 g/mol. The van der Waals surface area contributed by atoms with E-state index in [2.05, 4.69) is 26.2 Å². The molecule has 18 heavy (non-hydrogen) atoms. The van der Waals surface area contributed by atoms with E-state index in [1.54, 1.807) is 29.6 Å². The van der Waals surface area contributed by atoms with Crippen LogP contribution in [-0.4, -0.2) is 24.7 Å². The molecule has 0 N–H and O–H groups in total. The molecule has 3 aromatic rings. The van der Waals surface area contributed by atoms with Crippen molar-refractivity contribution >= 4 is 0 Å². The van der Waals surface area contributed by atoms with E-state index in [9.17, 15) is 0 Å². The first-order valence-corrected chi connectivity index (χ1v) is 5.56. The second kappa shape index (κ2) is 4.37. The Bertz CT molecular complexity index is 646. The van der Waals surface area contributed by atoms with Crippen molar-refractivity contribution in [2.24, 2.45) is 0 Å². The van der Waals surface area contributed by atoms with Gasteiger partial charge in [-0.1, -0.05) is 0 Å². The number of hydrogen-bond acceptors (Lipinski definition) is 4. The van der Waals surface area contributed by atoms with Crippen LogP contribution >= 0.6 is 0 Å². The molecule has 5 nitrogen and oxygen atoms in total. The van der Waals surface area contributed by atoms with E-state index < -0.39 is 0 Å². The van der Waals surface area contributed by atoms with Gasteiger partial charge in [0.25, 0.3) is 0 Å². The van der Waals surface area contributed by atoms with Gasteiger partial charge in [0.2, 0.25) is 0 Å². The van der Waals surface area contributed by atoms with Crippen molar-refractivity contribution in [1.82, 2.24) is 24.7 Å². The fourth-order valence-electron chi connectivity index (χ4n) is 1.85. The molecule has 0 atom stereocenters. The second-order valence-electron chi connectivity index (χ2n) is 3.97. The number of aromatic nitrogens is 5. The first-order chi connectivity index (χ1) is 8.84. The van der Waals surface area contributed by atoms with Crippen molar-refractivity contribution < 1.29 is 0 Å². The molecule has 0 aliphatic rings. The Morgan fingerprint density at radius 2 is 1.72 bits per heavy atom. The van der Waals surface area contributed by atoms with E-state index >= 15 is 0 Å². The summed E-state index contributed by atoms with van der Waals surface area (Å²) < 4.78 is 1.80. The quantitative estimate of drug-likeness (QED) is 0.684. The number of pyridine rings is 2. The van der Waals surface area contributed by atoms with Crippen LogP contribution in [0.15, 0.2) is 49.4 Å². The molecule has 5 heteroatoms. The molecule has 88 valence electrons. The van der Waals surface area contributed by atoms with Crippen LogP contribution in [0.25, 0.3) is 16.9 Å². The molecule has 0 radical (unpaired) electrons. The van der Waals surface area contributed by atoms with Crippen LogP contribution in [0.4, 0.5) is 0 Å². The summed E-state index contributed by atoms with van der Waals surface area (Å²) in [6.45, 7) is 2.02. The minimum absolute atomic E-state index is 0.845. The molecule has 3 rings (SSSR count). The van der Waals surface area contributed by atoms with Crippen LogP contribution in [0.3, 0.4) is 0 Å². The summed E-state index contributed by atoms with van der Waals surface area (Å²) in [5.41, 5.74) is 3.26. The van der Waals surface area contributed by atoms with Gasteiger partial charge >= 0.3 is 0 Å². The third-order valence-electron chi connectivity index (χ3n) is 2.73. The molecule has 0 saturated carbocycles. The van der Waals surface area contributed by atoms with Crippen LogP contribution in [0.5, 0.6) is 0 Å². The fraction of sp³-hybridized carbons (Fsp3) is 0.0769. The molecule has 0 aromatic carbocycles. The topological polar surface area (TPSA) is 56.5 Å². The van der Waals surface area contributed by atoms with Crippen LogP contribution in [-0.2, 0) is 0 Å². The largest absolute Gasteiger partial charge is 0.272 e. The lowest BCUT2D eigenvalue weighted by Gasteiger charge is -2.07. The molecule has 0 saturated heterocycles. The average molecular weight is 237 g/mol. The summed E-state index contributed by atoms with van der Waals surface area (Å²) in [4.78, 5) is 8.47. The lowest BCUT2D eigenvalue weighted by Crippen LogP contribution is -1.98. The summed E-state index contributed by atoms with van der Waals surface area (Å²) in [5.74, 6) is 0.845. The number of nitrogens with zero attached hydrogens (tertiary/aromatic N) is 5. The van der Waals surface area contributed by atoms with Crippen molar-refractivity contribution in [3.05, 3.63) is 55.0 Å². The average Bonchev–Trinajstić information content (AvgIpc) is 2.93. The number of hydrogen-bond donors (Lipinski definition) is 0. The molecule has 0 bridgehead atoms. The molecular weight excluding hydrogens is 226 g/mol. The van der Waals surface area contributed by atoms with E-state index in [0.29, 0.717) is 0 Å². The van der Waals surface area contributed by atoms with Crippen LogP contribution < -0.4 is 0 Å². The lowest BCUT2D eigenvalue weighted by molar-refractivity contribution is 0.974. The molecule has 0 aliphatic heterocycles. The summed E-state index contributed by atoms with van der Waals surface area (Å²) in [6.07, 6.45) is 8.68. The van der Waals surface area contributed by atoms with Crippen LogP contribution in [0.1, 0.15) is 5.56 Å². The van der Waals surface area contributed by atoms with Crippen molar-refractivity contribution in [1.29, 1.82) is 0 Å². The van der Waals surface area contributed by atoms with Gasteiger partial charge in [0.05, 0.1) is 0 Å². The Kier molecular flexibility index (Phi) is 2.57. The molecule has 3 aromatic heterocycles. The number of aryl methyl sites for hydroxylation is 1. The second-order valence-corrected chi connectivity index (χ2v) is 3.97. The van der Waals surface area contributed by atoms with Gasteiger partial charge in [-0.25, -0.2) is 4.98 Å². The standard InChI is InChI=1S/C13H11N5/c1-10-6-12(11-2-4-14-5-3-11)7-15-13(10)18-8-16-17-9-18/h2-9H,1H3. The van der Waals surface area contributed by atoms with E-state index in [4.69, 9.17) is 0 Å². The number of rotatable bonds is 2. The highest BCUT2D eigenvalue weighted by atomic mass is 15.2. The maximum absolute atomic E-state index is 4.46. The predicted molar refractivity (Wildman–Crippen MR) is 67.1 cm³/mol. The molecule has 0 aliphatic carbocycles. The van der Waals surface area contributed by atoms with Gasteiger partial charge in [-0.15, -0.1) is 10.2 Å². The smallest absolute Gasteiger partial charge is 0.142 e. The molecular formula is C13H11N5. The predicted octanol–water partition coefficient (Wildman–Crippen LogP) is 2.03. The molecule has 0 amide bonds. The maximum Gasteiger partial charge on any atom is 0.142 e.